The number of nitro benzene ring substituents is 1. The van der Waals surface area contributed by atoms with Crippen LogP contribution in [0.5, 0.6) is 0 Å². The Morgan fingerprint density at radius 3 is 2.05 bits per heavy atom. The molecule has 0 spiro atoms. The van der Waals surface area contributed by atoms with Gasteiger partial charge in [0.15, 0.2) is 5.78 Å². The highest BCUT2D eigenvalue weighted by Gasteiger charge is 2.19. The number of ketones is 1. The molecule has 0 aromatic heterocycles. The summed E-state index contributed by atoms with van der Waals surface area (Å²) in [7, 11) is 0. The van der Waals surface area contributed by atoms with Gasteiger partial charge in [-0.3, -0.25) is 19.7 Å². The number of rotatable bonds is 4. The molecular weight excluding hydrogens is 288 g/mol. The first kappa shape index (κ1) is 17.0. The molecule has 0 fully saturated rings. The van der Waals surface area contributed by atoms with Crippen LogP contribution in [0.3, 0.4) is 0 Å². The lowest BCUT2D eigenvalue weighted by Crippen LogP contribution is -2.10. The van der Waals surface area contributed by atoms with Crippen molar-refractivity contribution >= 4 is 17.4 Å². The summed E-state index contributed by atoms with van der Waals surface area (Å²) in [6, 6.07) is 14.5. The SMILES string of the molecule is NCC(=O)O.O=C(c1ccccc1)c1ccccc1[N+](=O)[O-]. The first-order valence-corrected chi connectivity index (χ1v) is 6.22. The van der Waals surface area contributed by atoms with Gasteiger partial charge in [-0.1, -0.05) is 42.5 Å². The molecule has 0 saturated heterocycles. The van der Waals surface area contributed by atoms with E-state index >= 15 is 0 Å². The molecule has 0 aliphatic carbocycles. The molecule has 0 radical (unpaired) electrons. The van der Waals surface area contributed by atoms with E-state index in [9.17, 15) is 19.7 Å². The summed E-state index contributed by atoms with van der Waals surface area (Å²) in [5, 5.41) is 18.4. The Morgan fingerprint density at radius 1 is 1.05 bits per heavy atom. The van der Waals surface area contributed by atoms with Crippen LogP contribution in [0.4, 0.5) is 5.69 Å². The van der Waals surface area contributed by atoms with Crippen LogP contribution in [0, 0.1) is 10.1 Å². The molecule has 2 aromatic carbocycles. The van der Waals surface area contributed by atoms with Gasteiger partial charge in [0.25, 0.3) is 5.69 Å². The van der Waals surface area contributed by atoms with Gasteiger partial charge in [0, 0.05) is 11.6 Å². The van der Waals surface area contributed by atoms with Crippen LogP contribution >= 0.6 is 0 Å². The van der Waals surface area contributed by atoms with E-state index in [1.807, 2.05) is 0 Å². The lowest BCUT2D eigenvalue weighted by atomic mass is 10.0. The van der Waals surface area contributed by atoms with Gasteiger partial charge in [0.2, 0.25) is 0 Å². The Bertz CT molecular complexity index is 671. The van der Waals surface area contributed by atoms with Gasteiger partial charge < -0.3 is 10.8 Å². The van der Waals surface area contributed by atoms with E-state index in [1.165, 1.54) is 12.1 Å². The van der Waals surface area contributed by atoms with E-state index < -0.39 is 10.9 Å². The van der Waals surface area contributed by atoms with Crippen LogP contribution in [0.1, 0.15) is 15.9 Å². The molecule has 2 aromatic rings. The summed E-state index contributed by atoms with van der Waals surface area (Å²) in [4.78, 5) is 31.6. The van der Waals surface area contributed by atoms with E-state index in [0.717, 1.165) is 0 Å². The monoisotopic (exact) mass is 302 g/mol. The van der Waals surface area contributed by atoms with Gasteiger partial charge in [0.05, 0.1) is 11.5 Å². The second kappa shape index (κ2) is 8.28. The second-order valence-corrected chi connectivity index (χ2v) is 4.07. The van der Waals surface area contributed by atoms with E-state index in [4.69, 9.17) is 5.11 Å². The van der Waals surface area contributed by atoms with Gasteiger partial charge >= 0.3 is 5.97 Å². The van der Waals surface area contributed by atoms with Crippen molar-refractivity contribution in [3.63, 3.8) is 0 Å². The fraction of sp³-hybridized carbons (Fsp3) is 0.0667. The number of benzene rings is 2. The predicted octanol–water partition coefficient (Wildman–Crippen LogP) is 1.86. The maximum absolute atomic E-state index is 12.1. The number of carboxylic acids is 1. The zero-order chi connectivity index (χ0) is 16.5. The molecule has 0 aliphatic rings. The number of carbonyl (C=O) groups excluding carboxylic acids is 1. The highest BCUT2D eigenvalue weighted by Crippen LogP contribution is 2.20. The molecule has 0 atom stereocenters. The number of nitrogens with zero attached hydrogens (tertiary/aromatic N) is 1. The van der Waals surface area contributed by atoms with Crippen molar-refractivity contribution in [2.75, 3.05) is 6.54 Å². The van der Waals surface area contributed by atoms with Crippen molar-refractivity contribution in [3.8, 4) is 0 Å². The van der Waals surface area contributed by atoms with E-state index in [0.29, 0.717) is 5.56 Å². The minimum atomic E-state index is -0.968. The summed E-state index contributed by atoms with van der Waals surface area (Å²) in [6.07, 6.45) is 0. The number of aliphatic carboxylic acids is 1. The Morgan fingerprint density at radius 2 is 1.55 bits per heavy atom. The maximum atomic E-state index is 12.1. The Labute approximate surface area is 126 Å². The maximum Gasteiger partial charge on any atom is 0.317 e. The van der Waals surface area contributed by atoms with Crippen molar-refractivity contribution in [2.24, 2.45) is 5.73 Å². The second-order valence-electron chi connectivity index (χ2n) is 4.07. The average Bonchev–Trinajstić information content (AvgIpc) is 2.55. The topological polar surface area (TPSA) is 124 Å². The average molecular weight is 302 g/mol. The molecule has 7 heteroatoms. The number of hydrogen-bond acceptors (Lipinski definition) is 5. The van der Waals surface area contributed by atoms with Crippen LogP contribution in [0.15, 0.2) is 54.6 Å². The molecule has 0 aliphatic heterocycles. The molecule has 2 rings (SSSR count). The zero-order valence-electron chi connectivity index (χ0n) is 11.5. The summed E-state index contributed by atoms with van der Waals surface area (Å²) in [5.41, 5.74) is 4.97. The third-order valence-electron chi connectivity index (χ3n) is 2.56. The molecule has 0 bridgehead atoms. The molecule has 3 N–H and O–H groups in total. The molecule has 7 nitrogen and oxygen atoms in total. The molecule has 22 heavy (non-hydrogen) atoms. The quantitative estimate of drug-likeness (QED) is 0.504. The smallest absolute Gasteiger partial charge is 0.317 e. The zero-order valence-corrected chi connectivity index (χ0v) is 11.5. The van der Waals surface area contributed by atoms with E-state index in [-0.39, 0.29) is 23.6 Å². The van der Waals surface area contributed by atoms with Gasteiger partial charge in [-0.05, 0) is 6.07 Å². The van der Waals surface area contributed by atoms with Crippen molar-refractivity contribution < 1.29 is 19.6 Å². The van der Waals surface area contributed by atoms with Gasteiger partial charge in [-0.15, -0.1) is 0 Å². The fourth-order valence-electron chi connectivity index (χ4n) is 1.57. The van der Waals surface area contributed by atoms with E-state index in [2.05, 4.69) is 5.73 Å². The van der Waals surface area contributed by atoms with Crippen molar-refractivity contribution in [1.29, 1.82) is 0 Å². The van der Waals surface area contributed by atoms with Crippen LogP contribution < -0.4 is 5.73 Å². The van der Waals surface area contributed by atoms with E-state index in [1.54, 1.807) is 42.5 Å². The first-order chi connectivity index (χ1) is 10.5. The van der Waals surface area contributed by atoms with Crippen LogP contribution in [0.2, 0.25) is 0 Å². The number of hydrogen-bond donors (Lipinski definition) is 2. The third kappa shape index (κ3) is 4.80. The van der Waals surface area contributed by atoms with Crippen LogP contribution in [-0.4, -0.2) is 28.3 Å². The number of nitro groups is 1. The molecular formula is C15H14N2O5. The Kier molecular flexibility index (Phi) is 6.39. The van der Waals surface area contributed by atoms with Crippen molar-refractivity contribution in [3.05, 3.63) is 75.8 Å². The normalized spacial score (nSPS) is 9.32. The third-order valence-corrected chi connectivity index (χ3v) is 2.56. The number of carbonyl (C=O) groups is 2. The molecule has 0 amide bonds. The lowest BCUT2D eigenvalue weighted by Gasteiger charge is -2.01. The highest BCUT2D eigenvalue weighted by atomic mass is 16.6. The highest BCUT2D eigenvalue weighted by molar-refractivity contribution is 6.11. The molecule has 0 unspecified atom stereocenters. The van der Waals surface area contributed by atoms with Crippen molar-refractivity contribution in [1.82, 2.24) is 0 Å². The number of carboxylic acid groups (broad SMARTS) is 1. The van der Waals surface area contributed by atoms with Crippen LogP contribution in [-0.2, 0) is 4.79 Å². The van der Waals surface area contributed by atoms with Crippen molar-refractivity contribution in [2.45, 2.75) is 0 Å². The predicted molar refractivity (Wildman–Crippen MR) is 79.7 cm³/mol. The summed E-state index contributed by atoms with van der Waals surface area (Å²) >= 11 is 0. The summed E-state index contributed by atoms with van der Waals surface area (Å²) < 4.78 is 0. The first-order valence-electron chi connectivity index (χ1n) is 6.22. The Balaban J connectivity index is 0.000000422. The van der Waals surface area contributed by atoms with Crippen LogP contribution in [0.25, 0.3) is 0 Å². The van der Waals surface area contributed by atoms with Gasteiger partial charge in [0.1, 0.15) is 5.56 Å². The minimum Gasteiger partial charge on any atom is -0.480 e. The molecule has 0 saturated carbocycles. The molecule has 0 heterocycles. The number of nitrogens with two attached hydrogens (primary N) is 1. The minimum absolute atomic E-state index is 0.115. The fourth-order valence-corrected chi connectivity index (χ4v) is 1.57. The summed E-state index contributed by atoms with van der Waals surface area (Å²) in [6.45, 7) is -0.278. The largest absolute Gasteiger partial charge is 0.480 e. The number of para-hydroxylation sites is 1. The molecule has 114 valence electrons. The van der Waals surface area contributed by atoms with Gasteiger partial charge in [-0.2, -0.15) is 0 Å². The summed E-state index contributed by atoms with van der Waals surface area (Å²) in [5.74, 6) is -1.30. The van der Waals surface area contributed by atoms with Gasteiger partial charge in [-0.25, -0.2) is 0 Å². The lowest BCUT2D eigenvalue weighted by molar-refractivity contribution is -0.385. The Hall–Kier alpha value is -3.06. The standard InChI is InChI=1S/C13H9NO3.C2H5NO2/c15-13(10-6-2-1-3-7-10)11-8-4-5-9-12(11)14(16)17;3-1-2(4)5/h1-9H;1,3H2,(H,4,5).